The average molecular weight is 468 g/mol. The van der Waals surface area contributed by atoms with Gasteiger partial charge in [-0.05, 0) is 32.0 Å². The van der Waals surface area contributed by atoms with Crippen molar-refractivity contribution < 1.29 is 19.1 Å². The van der Waals surface area contributed by atoms with E-state index in [0.717, 1.165) is 22.5 Å². The molecule has 176 valence electrons. The molecular formula is C28H25N3O4. The zero-order valence-corrected chi connectivity index (χ0v) is 19.5. The van der Waals surface area contributed by atoms with Crippen molar-refractivity contribution in [3.05, 3.63) is 90.6 Å². The third-order valence-electron chi connectivity index (χ3n) is 5.13. The summed E-state index contributed by atoms with van der Waals surface area (Å²) in [5, 5.41) is 2.99. The highest BCUT2D eigenvalue weighted by molar-refractivity contribution is 6.14. The van der Waals surface area contributed by atoms with Crippen LogP contribution in [0.25, 0.3) is 33.5 Å². The first-order valence-electron chi connectivity index (χ1n) is 11.3. The normalized spacial score (nSPS) is 10.5. The number of nitrogens with one attached hydrogen (secondary N) is 1. The average Bonchev–Trinajstić information content (AvgIpc) is 2.89. The van der Waals surface area contributed by atoms with E-state index in [1.54, 1.807) is 19.9 Å². The Labute approximate surface area is 203 Å². The number of anilines is 1. The lowest BCUT2D eigenvalue weighted by molar-refractivity contribution is -0.146. The van der Waals surface area contributed by atoms with Crippen molar-refractivity contribution in [2.24, 2.45) is 0 Å². The number of benzene rings is 3. The Morgan fingerprint density at radius 1 is 0.743 bits per heavy atom. The Bertz CT molecular complexity index is 1350. The van der Waals surface area contributed by atoms with Gasteiger partial charge in [-0.25, -0.2) is 19.6 Å². The zero-order valence-electron chi connectivity index (χ0n) is 19.5. The van der Waals surface area contributed by atoms with E-state index in [-0.39, 0.29) is 18.8 Å². The number of hydrogen-bond acceptors (Lipinski definition) is 7. The van der Waals surface area contributed by atoms with Crippen LogP contribution in [-0.4, -0.2) is 35.1 Å². The van der Waals surface area contributed by atoms with Crippen LogP contribution in [0.2, 0.25) is 0 Å². The van der Waals surface area contributed by atoms with Gasteiger partial charge in [-0.3, -0.25) is 0 Å². The summed E-state index contributed by atoms with van der Waals surface area (Å²) in [6.45, 7) is 3.63. The molecule has 0 aliphatic rings. The van der Waals surface area contributed by atoms with Crippen molar-refractivity contribution in [2.75, 3.05) is 18.5 Å². The highest BCUT2D eigenvalue weighted by Crippen LogP contribution is 2.31. The molecule has 1 N–H and O–H groups in total. The molecule has 35 heavy (non-hydrogen) atoms. The minimum absolute atomic E-state index is 0.146. The van der Waals surface area contributed by atoms with Crippen molar-refractivity contribution >= 4 is 28.7 Å². The van der Waals surface area contributed by atoms with Crippen LogP contribution in [0.3, 0.4) is 0 Å². The lowest BCUT2D eigenvalue weighted by Crippen LogP contribution is -2.19. The minimum atomic E-state index is -0.752. The molecule has 0 bridgehead atoms. The van der Waals surface area contributed by atoms with Gasteiger partial charge in [0.15, 0.2) is 5.57 Å². The second-order valence-electron chi connectivity index (χ2n) is 7.50. The van der Waals surface area contributed by atoms with Crippen molar-refractivity contribution in [1.29, 1.82) is 0 Å². The summed E-state index contributed by atoms with van der Waals surface area (Å²) in [5.74, 6) is -1.50. The predicted molar refractivity (Wildman–Crippen MR) is 135 cm³/mol. The molecule has 0 saturated heterocycles. The molecule has 1 aromatic heterocycles. The van der Waals surface area contributed by atoms with E-state index in [4.69, 9.17) is 19.4 Å². The number of aromatic nitrogens is 2. The number of nitrogens with zero attached hydrogens (tertiary/aromatic N) is 2. The SMILES string of the molecule is CCOC(=O)C(=CNc1ccc2nc(-c3ccccc3)c(-c3ccccc3)nc2c1)C(=O)OCC. The molecule has 4 rings (SSSR count). The fraction of sp³-hybridized carbons (Fsp3) is 0.143. The molecule has 3 aromatic carbocycles. The summed E-state index contributed by atoms with van der Waals surface area (Å²) in [7, 11) is 0. The van der Waals surface area contributed by atoms with E-state index in [9.17, 15) is 9.59 Å². The predicted octanol–water partition coefficient (Wildman–Crippen LogP) is 5.39. The Hall–Kier alpha value is -4.52. The maximum absolute atomic E-state index is 12.2. The Balaban J connectivity index is 1.75. The van der Waals surface area contributed by atoms with Gasteiger partial charge in [0.25, 0.3) is 0 Å². The Morgan fingerprint density at radius 2 is 1.26 bits per heavy atom. The van der Waals surface area contributed by atoms with Crippen molar-refractivity contribution in [3.63, 3.8) is 0 Å². The van der Waals surface area contributed by atoms with Crippen LogP contribution in [0.5, 0.6) is 0 Å². The van der Waals surface area contributed by atoms with E-state index < -0.39 is 11.9 Å². The molecule has 0 atom stereocenters. The third kappa shape index (κ3) is 5.52. The van der Waals surface area contributed by atoms with Gasteiger partial charge in [0.05, 0.1) is 35.6 Å². The van der Waals surface area contributed by atoms with Gasteiger partial charge in [0, 0.05) is 23.0 Å². The summed E-state index contributed by atoms with van der Waals surface area (Å²) in [6.07, 6.45) is 1.29. The fourth-order valence-corrected chi connectivity index (χ4v) is 3.51. The summed E-state index contributed by atoms with van der Waals surface area (Å²) >= 11 is 0. The topological polar surface area (TPSA) is 90.4 Å². The lowest BCUT2D eigenvalue weighted by Gasteiger charge is -2.12. The van der Waals surface area contributed by atoms with Crippen LogP contribution in [0.1, 0.15) is 13.8 Å². The number of fused-ring (bicyclic) bond motifs is 1. The highest BCUT2D eigenvalue weighted by atomic mass is 16.6. The summed E-state index contributed by atoms with van der Waals surface area (Å²) in [5.41, 5.74) is 5.26. The van der Waals surface area contributed by atoms with Gasteiger partial charge in [-0.1, -0.05) is 60.7 Å². The molecule has 1 heterocycles. The van der Waals surface area contributed by atoms with Gasteiger partial charge in [0.1, 0.15) is 0 Å². The standard InChI is InChI=1S/C28H25N3O4/c1-3-34-27(32)22(28(33)35-4-2)18-29-21-15-16-23-24(17-21)31-26(20-13-9-6-10-14-20)25(30-23)19-11-7-5-8-12-19/h5-18,29H,3-4H2,1-2H3. The number of ether oxygens (including phenoxy) is 2. The molecule has 0 aliphatic carbocycles. The molecule has 7 heteroatoms. The number of rotatable bonds is 8. The lowest BCUT2D eigenvalue weighted by atomic mass is 10.0. The van der Waals surface area contributed by atoms with E-state index in [0.29, 0.717) is 16.7 Å². The molecule has 0 fully saturated rings. The number of hydrogen-bond donors (Lipinski definition) is 1. The molecular weight excluding hydrogens is 442 g/mol. The second kappa shape index (κ2) is 11.1. The second-order valence-corrected chi connectivity index (χ2v) is 7.50. The van der Waals surface area contributed by atoms with E-state index in [1.807, 2.05) is 72.8 Å². The number of esters is 2. The van der Waals surface area contributed by atoms with Gasteiger partial charge in [0.2, 0.25) is 0 Å². The van der Waals surface area contributed by atoms with Crippen LogP contribution >= 0.6 is 0 Å². The molecule has 7 nitrogen and oxygen atoms in total. The van der Waals surface area contributed by atoms with E-state index >= 15 is 0 Å². The van der Waals surface area contributed by atoms with Gasteiger partial charge in [-0.15, -0.1) is 0 Å². The van der Waals surface area contributed by atoms with Crippen LogP contribution in [-0.2, 0) is 19.1 Å². The Kier molecular flexibility index (Phi) is 7.47. The summed E-state index contributed by atoms with van der Waals surface area (Å²) in [4.78, 5) is 34.3. The first kappa shape index (κ1) is 23.6. The molecule has 0 radical (unpaired) electrons. The Morgan fingerprint density at radius 3 is 1.77 bits per heavy atom. The number of carbonyl (C=O) groups excluding carboxylic acids is 2. The maximum Gasteiger partial charge on any atom is 0.347 e. The zero-order chi connectivity index (χ0) is 24.6. The van der Waals surface area contributed by atoms with Crippen LogP contribution in [0.4, 0.5) is 5.69 Å². The van der Waals surface area contributed by atoms with Gasteiger partial charge >= 0.3 is 11.9 Å². The molecule has 0 saturated carbocycles. The largest absolute Gasteiger partial charge is 0.462 e. The monoisotopic (exact) mass is 467 g/mol. The maximum atomic E-state index is 12.2. The van der Waals surface area contributed by atoms with Crippen LogP contribution in [0.15, 0.2) is 90.6 Å². The molecule has 0 aliphatic heterocycles. The van der Waals surface area contributed by atoms with Crippen molar-refractivity contribution in [2.45, 2.75) is 13.8 Å². The number of carbonyl (C=O) groups is 2. The first-order chi connectivity index (χ1) is 17.1. The quantitative estimate of drug-likeness (QED) is 0.161. The smallest absolute Gasteiger partial charge is 0.347 e. The van der Waals surface area contributed by atoms with Gasteiger partial charge < -0.3 is 14.8 Å². The van der Waals surface area contributed by atoms with Crippen molar-refractivity contribution in [3.8, 4) is 22.5 Å². The first-order valence-corrected chi connectivity index (χ1v) is 11.3. The summed E-state index contributed by atoms with van der Waals surface area (Å²) in [6, 6.07) is 25.3. The fourth-order valence-electron chi connectivity index (χ4n) is 3.51. The van der Waals surface area contributed by atoms with Gasteiger partial charge in [-0.2, -0.15) is 0 Å². The minimum Gasteiger partial charge on any atom is -0.462 e. The molecule has 4 aromatic rings. The van der Waals surface area contributed by atoms with Crippen LogP contribution < -0.4 is 5.32 Å². The highest BCUT2D eigenvalue weighted by Gasteiger charge is 2.21. The summed E-state index contributed by atoms with van der Waals surface area (Å²) < 4.78 is 9.96. The third-order valence-corrected chi connectivity index (χ3v) is 5.13. The van der Waals surface area contributed by atoms with Crippen molar-refractivity contribution in [1.82, 2.24) is 9.97 Å². The molecule has 0 amide bonds. The van der Waals surface area contributed by atoms with Crippen LogP contribution in [0, 0.1) is 0 Å². The van der Waals surface area contributed by atoms with E-state index in [2.05, 4.69) is 5.32 Å². The molecule has 0 unspecified atom stereocenters. The molecule has 0 spiro atoms. The van der Waals surface area contributed by atoms with E-state index in [1.165, 1.54) is 6.20 Å².